The van der Waals surface area contributed by atoms with Crippen molar-refractivity contribution in [1.29, 1.82) is 0 Å². The Labute approximate surface area is 147 Å². The normalized spacial score (nSPS) is 12.3. The molecule has 0 aliphatic heterocycles. The molecule has 1 aromatic carbocycles. The predicted octanol–water partition coefficient (Wildman–Crippen LogP) is 3.78. The Morgan fingerprint density at radius 1 is 1.32 bits per heavy atom. The number of hydrogen-bond donors (Lipinski definition) is 0. The molecule has 0 bridgehead atoms. The van der Waals surface area contributed by atoms with Gasteiger partial charge in [-0.3, -0.25) is 9.36 Å². The molecule has 2 aromatic heterocycles. The summed E-state index contributed by atoms with van der Waals surface area (Å²) in [6.07, 6.45) is 1.81. The molecule has 0 radical (unpaired) electrons. The minimum Gasteiger partial charge on any atom is -0.464 e. The number of thiophene rings is 1. The number of nitrogens with zero attached hydrogens (tertiary/aromatic N) is 2. The van der Waals surface area contributed by atoms with Crippen LogP contribution in [0.1, 0.15) is 26.3 Å². The number of carbonyl (C=O) groups is 1. The van der Waals surface area contributed by atoms with Crippen LogP contribution in [0.25, 0.3) is 21.3 Å². The first-order valence-corrected chi connectivity index (χ1v) is 8.85. The Bertz CT molecular complexity index is 963. The monoisotopic (exact) mass is 360 g/mol. The smallest absolute Gasteiger partial charge is 0.329 e. The molecule has 0 saturated heterocycles. The second-order valence-corrected chi connectivity index (χ2v) is 6.33. The molecule has 0 aliphatic carbocycles. The fraction of sp³-hybridized carbons (Fsp3) is 0.278. The van der Waals surface area contributed by atoms with Gasteiger partial charge in [-0.25, -0.2) is 14.2 Å². The van der Waals surface area contributed by atoms with E-state index in [0.29, 0.717) is 22.2 Å². The summed E-state index contributed by atoms with van der Waals surface area (Å²) in [5, 5.41) is 2.25. The molecule has 2 heterocycles. The van der Waals surface area contributed by atoms with Gasteiger partial charge in [-0.15, -0.1) is 11.3 Å². The third kappa shape index (κ3) is 3.19. The standard InChI is InChI=1S/C18H17FN2O3S/c1-3-14(18(23)24-4-2)21-10-20-16-15(17(21)22)13(9-25-16)11-5-7-12(19)8-6-11/h5-10,14H,3-4H2,1-2H3/t14-/m1/s1. The summed E-state index contributed by atoms with van der Waals surface area (Å²) >= 11 is 1.34. The third-order valence-corrected chi connectivity index (χ3v) is 4.84. The van der Waals surface area contributed by atoms with E-state index in [0.717, 1.165) is 5.56 Å². The molecule has 1 atom stereocenters. The zero-order valence-electron chi connectivity index (χ0n) is 13.9. The largest absolute Gasteiger partial charge is 0.464 e. The maximum atomic E-state index is 13.2. The highest BCUT2D eigenvalue weighted by Gasteiger charge is 2.23. The van der Waals surface area contributed by atoms with Crippen molar-refractivity contribution in [2.24, 2.45) is 0 Å². The van der Waals surface area contributed by atoms with Gasteiger partial charge in [-0.05, 0) is 31.0 Å². The summed E-state index contributed by atoms with van der Waals surface area (Å²) < 4.78 is 19.6. The number of aromatic nitrogens is 2. The van der Waals surface area contributed by atoms with E-state index in [9.17, 15) is 14.0 Å². The summed E-state index contributed by atoms with van der Waals surface area (Å²) in [5.74, 6) is -0.793. The molecule has 3 aromatic rings. The van der Waals surface area contributed by atoms with Crippen LogP contribution in [0.2, 0.25) is 0 Å². The molecule has 3 rings (SSSR count). The molecule has 0 amide bonds. The number of fused-ring (bicyclic) bond motifs is 1. The molecular formula is C18H17FN2O3S. The fourth-order valence-electron chi connectivity index (χ4n) is 2.72. The Balaban J connectivity index is 2.16. The van der Waals surface area contributed by atoms with Crippen molar-refractivity contribution in [2.45, 2.75) is 26.3 Å². The molecule has 0 spiro atoms. The SMILES string of the molecule is CCOC(=O)[C@@H](CC)n1cnc2scc(-c3ccc(F)cc3)c2c1=O. The summed E-state index contributed by atoms with van der Waals surface area (Å²) in [4.78, 5) is 30.1. The van der Waals surface area contributed by atoms with E-state index in [4.69, 9.17) is 4.74 Å². The molecule has 5 nitrogen and oxygen atoms in total. The van der Waals surface area contributed by atoms with Gasteiger partial charge in [0.1, 0.15) is 16.7 Å². The van der Waals surface area contributed by atoms with E-state index in [-0.39, 0.29) is 18.0 Å². The van der Waals surface area contributed by atoms with Gasteiger partial charge in [0.15, 0.2) is 0 Å². The van der Waals surface area contributed by atoms with Crippen molar-refractivity contribution < 1.29 is 13.9 Å². The van der Waals surface area contributed by atoms with Gasteiger partial charge >= 0.3 is 5.97 Å². The number of esters is 1. The maximum absolute atomic E-state index is 13.2. The van der Waals surface area contributed by atoms with E-state index in [2.05, 4.69) is 4.98 Å². The molecule has 0 unspecified atom stereocenters. The van der Waals surface area contributed by atoms with Crippen LogP contribution in [0, 0.1) is 5.82 Å². The van der Waals surface area contributed by atoms with Crippen LogP contribution in [0.15, 0.2) is 40.8 Å². The number of benzene rings is 1. The van der Waals surface area contributed by atoms with Gasteiger partial charge in [0, 0.05) is 10.9 Å². The molecule has 130 valence electrons. The quantitative estimate of drug-likeness (QED) is 0.650. The summed E-state index contributed by atoms with van der Waals surface area (Å²) in [5.41, 5.74) is 1.12. The van der Waals surface area contributed by atoms with Crippen molar-refractivity contribution in [3.8, 4) is 11.1 Å². The van der Waals surface area contributed by atoms with E-state index >= 15 is 0 Å². The molecule has 0 fully saturated rings. The van der Waals surface area contributed by atoms with Crippen molar-refractivity contribution in [3.05, 3.63) is 52.1 Å². The Morgan fingerprint density at radius 2 is 2.04 bits per heavy atom. The van der Waals surface area contributed by atoms with Crippen LogP contribution in [-0.4, -0.2) is 22.1 Å². The van der Waals surface area contributed by atoms with Gasteiger partial charge in [0.25, 0.3) is 5.56 Å². The van der Waals surface area contributed by atoms with Crippen molar-refractivity contribution >= 4 is 27.5 Å². The third-order valence-electron chi connectivity index (χ3n) is 3.96. The van der Waals surface area contributed by atoms with Crippen LogP contribution in [0.4, 0.5) is 4.39 Å². The van der Waals surface area contributed by atoms with E-state index in [1.807, 2.05) is 12.3 Å². The van der Waals surface area contributed by atoms with Gasteiger partial charge in [-0.2, -0.15) is 0 Å². The number of ether oxygens (including phenoxy) is 1. The number of hydrogen-bond acceptors (Lipinski definition) is 5. The van der Waals surface area contributed by atoms with Gasteiger partial charge < -0.3 is 4.74 Å². The van der Waals surface area contributed by atoms with Crippen LogP contribution in [0.5, 0.6) is 0 Å². The molecule has 0 saturated carbocycles. The zero-order chi connectivity index (χ0) is 18.0. The topological polar surface area (TPSA) is 61.2 Å². The second kappa shape index (κ2) is 7.14. The summed E-state index contributed by atoms with van der Waals surface area (Å²) in [6, 6.07) is 5.22. The molecule has 0 N–H and O–H groups in total. The maximum Gasteiger partial charge on any atom is 0.329 e. The van der Waals surface area contributed by atoms with Crippen molar-refractivity contribution in [1.82, 2.24) is 9.55 Å². The molecule has 0 aliphatic rings. The molecule has 7 heteroatoms. The van der Waals surface area contributed by atoms with Crippen LogP contribution >= 0.6 is 11.3 Å². The first kappa shape index (κ1) is 17.3. The van der Waals surface area contributed by atoms with E-state index in [1.54, 1.807) is 19.1 Å². The molecule has 25 heavy (non-hydrogen) atoms. The zero-order valence-corrected chi connectivity index (χ0v) is 14.7. The lowest BCUT2D eigenvalue weighted by Crippen LogP contribution is -2.31. The first-order chi connectivity index (χ1) is 12.1. The van der Waals surface area contributed by atoms with Gasteiger partial charge in [-0.1, -0.05) is 19.1 Å². The minimum absolute atomic E-state index is 0.249. The lowest BCUT2D eigenvalue weighted by Gasteiger charge is -2.16. The average molecular weight is 360 g/mol. The van der Waals surface area contributed by atoms with E-state index < -0.39 is 12.0 Å². The Hall–Kier alpha value is -2.54. The van der Waals surface area contributed by atoms with Crippen LogP contribution in [0.3, 0.4) is 0 Å². The van der Waals surface area contributed by atoms with Crippen molar-refractivity contribution in [2.75, 3.05) is 6.61 Å². The van der Waals surface area contributed by atoms with Crippen LogP contribution in [-0.2, 0) is 9.53 Å². The minimum atomic E-state index is -0.717. The highest BCUT2D eigenvalue weighted by molar-refractivity contribution is 7.17. The predicted molar refractivity (Wildman–Crippen MR) is 95.2 cm³/mol. The van der Waals surface area contributed by atoms with Crippen LogP contribution < -0.4 is 5.56 Å². The lowest BCUT2D eigenvalue weighted by atomic mass is 10.1. The molecular weight excluding hydrogens is 343 g/mol. The highest BCUT2D eigenvalue weighted by atomic mass is 32.1. The summed E-state index contributed by atoms with van der Waals surface area (Å²) in [7, 11) is 0. The number of halogens is 1. The average Bonchev–Trinajstić information content (AvgIpc) is 3.03. The second-order valence-electron chi connectivity index (χ2n) is 5.47. The Kier molecular flexibility index (Phi) is 4.94. The Morgan fingerprint density at radius 3 is 2.68 bits per heavy atom. The summed E-state index contributed by atoms with van der Waals surface area (Å²) in [6.45, 7) is 3.78. The number of rotatable bonds is 5. The fourth-order valence-corrected chi connectivity index (χ4v) is 3.63. The van der Waals surface area contributed by atoms with Gasteiger partial charge in [0.05, 0.1) is 18.3 Å². The first-order valence-electron chi connectivity index (χ1n) is 7.97. The van der Waals surface area contributed by atoms with Gasteiger partial charge in [0.2, 0.25) is 0 Å². The highest BCUT2D eigenvalue weighted by Crippen LogP contribution is 2.31. The lowest BCUT2D eigenvalue weighted by molar-refractivity contribution is -0.147. The van der Waals surface area contributed by atoms with E-state index in [1.165, 1.54) is 34.4 Å². The number of carbonyl (C=O) groups excluding carboxylic acids is 1. The van der Waals surface area contributed by atoms with Crippen molar-refractivity contribution in [3.63, 3.8) is 0 Å².